The largest absolute Gasteiger partial charge is 0.351 e. The Morgan fingerprint density at radius 3 is 2.67 bits per heavy atom. The zero-order valence-corrected chi connectivity index (χ0v) is 9.79. The van der Waals surface area contributed by atoms with Gasteiger partial charge in [0.2, 0.25) is 0 Å². The fraction of sp³-hybridized carbons (Fsp3) is 0.889. The fourth-order valence-electron chi connectivity index (χ4n) is 1.95. The average molecular weight is 234 g/mol. The Morgan fingerprint density at radius 1 is 1.47 bits per heavy atom. The molecule has 2 N–H and O–H groups in total. The first kappa shape index (κ1) is 12.3. The van der Waals surface area contributed by atoms with Crippen LogP contribution in [0.3, 0.4) is 0 Å². The molecule has 1 aliphatic rings. The van der Waals surface area contributed by atoms with E-state index in [1.54, 1.807) is 0 Å². The van der Waals surface area contributed by atoms with Gasteiger partial charge in [-0.05, 0) is 25.7 Å². The standard InChI is InChI=1S/C9H18N2O3S/c1-2-7-15(13,14)8-5-3-4-6-11(8)9(10)12/h8H,2-7H2,1H3,(H2,10,12). The smallest absolute Gasteiger partial charge is 0.315 e. The van der Waals surface area contributed by atoms with Gasteiger partial charge in [-0.3, -0.25) is 0 Å². The van der Waals surface area contributed by atoms with Crippen LogP contribution in [0.2, 0.25) is 0 Å². The molecule has 1 aliphatic heterocycles. The second-order valence-corrected chi connectivity index (χ2v) is 6.13. The van der Waals surface area contributed by atoms with E-state index in [2.05, 4.69) is 0 Å². The summed E-state index contributed by atoms with van der Waals surface area (Å²) in [5.74, 6) is 0.126. The minimum atomic E-state index is -3.20. The topological polar surface area (TPSA) is 80.5 Å². The van der Waals surface area contributed by atoms with Crippen molar-refractivity contribution in [3.8, 4) is 0 Å². The van der Waals surface area contributed by atoms with Gasteiger partial charge in [0.15, 0.2) is 9.84 Å². The summed E-state index contributed by atoms with van der Waals surface area (Å²) < 4.78 is 23.7. The van der Waals surface area contributed by atoms with Gasteiger partial charge in [-0.15, -0.1) is 0 Å². The van der Waals surface area contributed by atoms with Crippen LogP contribution in [0.5, 0.6) is 0 Å². The Kier molecular flexibility index (Phi) is 3.96. The summed E-state index contributed by atoms with van der Waals surface area (Å²) in [5, 5.41) is -0.691. The van der Waals surface area contributed by atoms with Crippen molar-refractivity contribution >= 4 is 15.9 Å². The number of hydrogen-bond donors (Lipinski definition) is 1. The minimum Gasteiger partial charge on any atom is -0.351 e. The Hall–Kier alpha value is -0.780. The summed E-state index contributed by atoms with van der Waals surface area (Å²) in [7, 11) is -3.20. The van der Waals surface area contributed by atoms with Crippen LogP contribution in [0.25, 0.3) is 0 Å². The molecule has 0 saturated carbocycles. The van der Waals surface area contributed by atoms with Gasteiger partial charge in [0.05, 0.1) is 5.75 Å². The van der Waals surface area contributed by atoms with Crippen molar-refractivity contribution in [2.45, 2.75) is 38.0 Å². The van der Waals surface area contributed by atoms with Gasteiger partial charge >= 0.3 is 6.03 Å². The van der Waals surface area contributed by atoms with Gasteiger partial charge in [-0.1, -0.05) is 6.92 Å². The monoisotopic (exact) mass is 234 g/mol. The van der Waals surface area contributed by atoms with Crippen LogP contribution in [-0.2, 0) is 9.84 Å². The number of rotatable bonds is 3. The zero-order valence-electron chi connectivity index (χ0n) is 8.98. The Labute approximate surface area is 90.5 Å². The summed E-state index contributed by atoms with van der Waals surface area (Å²) in [4.78, 5) is 12.4. The Bertz CT molecular complexity index is 326. The molecule has 88 valence electrons. The molecule has 1 saturated heterocycles. The molecule has 0 aliphatic carbocycles. The number of amides is 2. The van der Waals surface area contributed by atoms with E-state index < -0.39 is 21.2 Å². The number of nitrogens with zero attached hydrogens (tertiary/aromatic N) is 1. The SMILES string of the molecule is CCCS(=O)(=O)C1CCCCN1C(N)=O. The summed E-state index contributed by atoms with van der Waals surface area (Å²) in [6.45, 7) is 2.28. The van der Waals surface area contributed by atoms with Crippen molar-refractivity contribution < 1.29 is 13.2 Å². The summed E-state index contributed by atoms with van der Waals surface area (Å²) in [6, 6.07) is -0.626. The van der Waals surface area contributed by atoms with Gasteiger partial charge in [0.1, 0.15) is 5.37 Å². The lowest BCUT2D eigenvalue weighted by Crippen LogP contribution is -2.50. The van der Waals surface area contributed by atoms with Crippen molar-refractivity contribution in [2.75, 3.05) is 12.3 Å². The normalized spacial score (nSPS) is 22.7. The Balaban J connectivity index is 2.85. The maximum absolute atomic E-state index is 11.9. The highest BCUT2D eigenvalue weighted by atomic mass is 32.2. The van der Waals surface area contributed by atoms with Crippen molar-refractivity contribution in [1.29, 1.82) is 0 Å². The molecule has 2 amide bonds. The summed E-state index contributed by atoms with van der Waals surface area (Å²) in [6.07, 6.45) is 2.77. The highest BCUT2D eigenvalue weighted by molar-refractivity contribution is 7.91. The molecule has 1 rings (SSSR count). The minimum absolute atomic E-state index is 0.126. The van der Waals surface area contributed by atoms with Crippen LogP contribution in [0.1, 0.15) is 32.6 Å². The fourth-order valence-corrected chi connectivity index (χ4v) is 3.91. The lowest BCUT2D eigenvalue weighted by molar-refractivity contribution is 0.184. The molecular formula is C9H18N2O3S. The van der Waals surface area contributed by atoms with Crippen LogP contribution >= 0.6 is 0 Å². The molecule has 6 heteroatoms. The summed E-state index contributed by atoms with van der Waals surface area (Å²) >= 11 is 0. The molecule has 1 fully saturated rings. The van der Waals surface area contributed by atoms with Gasteiger partial charge in [0.25, 0.3) is 0 Å². The third kappa shape index (κ3) is 2.84. The number of likely N-dealkylation sites (tertiary alicyclic amines) is 1. The predicted octanol–water partition coefficient (Wildman–Crippen LogP) is 0.702. The molecule has 1 heterocycles. The van der Waals surface area contributed by atoms with Gasteiger partial charge in [0, 0.05) is 6.54 Å². The van der Waals surface area contributed by atoms with Crippen molar-refractivity contribution in [2.24, 2.45) is 5.73 Å². The number of urea groups is 1. The number of primary amides is 1. The van der Waals surface area contributed by atoms with E-state index in [1.165, 1.54) is 4.90 Å². The summed E-state index contributed by atoms with van der Waals surface area (Å²) in [5.41, 5.74) is 5.17. The van der Waals surface area contributed by atoms with Crippen molar-refractivity contribution in [3.63, 3.8) is 0 Å². The number of sulfone groups is 1. The molecule has 0 radical (unpaired) electrons. The third-order valence-corrected chi connectivity index (χ3v) is 4.93. The number of hydrogen-bond acceptors (Lipinski definition) is 3. The number of carbonyl (C=O) groups excluding carboxylic acids is 1. The lowest BCUT2D eigenvalue weighted by atomic mass is 10.1. The van der Waals surface area contributed by atoms with E-state index in [9.17, 15) is 13.2 Å². The molecule has 15 heavy (non-hydrogen) atoms. The highest BCUT2D eigenvalue weighted by Crippen LogP contribution is 2.22. The molecule has 5 nitrogen and oxygen atoms in total. The van der Waals surface area contributed by atoms with Crippen molar-refractivity contribution in [1.82, 2.24) is 4.90 Å². The van der Waals surface area contributed by atoms with Crippen molar-refractivity contribution in [3.05, 3.63) is 0 Å². The maximum Gasteiger partial charge on any atom is 0.315 e. The molecule has 0 spiro atoms. The molecule has 0 aromatic heterocycles. The van der Waals surface area contributed by atoms with Crippen LogP contribution < -0.4 is 5.73 Å². The van der Waals surface area contributed by atoms with Crippen LogP contribution in [0.15, 0.2) is 0 Å². The molecule has 1 atom stereocenters. The molecular weight excluding hydrogens is 216 g/mol. The van der Waals surface area contributed by atoms with Crippen LogP contribution in [-0.4, -0.2) is 37.0 Å². The van der Waals surface area contributed by atoms with E-state index in [0.29, 0.717) is 19.4 Å². The molecule has 1 unspecified atom stereocenters. The number of piperidine rings is 1. The first-order valence-corrected chi connectivity index (χ1v) is 6.98. The highest BCUT2D eigenvalue weighted by Gasteiger charge is 2.34. The van der Waals surface area contributed by atoms with Crippen LogP contribution in [0.4, 0.5) is 4.79 Å². The van der Waals surface area contributed by atoms with Crippen LogP contribution in [0, 0.1) is 0 Å². The number of nitrogens with two attached hydrogens (primary N) is 1. The Morgan fingerprint density at radius 2 is 2.13 bits per heavy atom. The molecule has 0 aromatic rings. The third-order valence-electron chi connectivity index (χ3n) is 2.63. The second-order valence-electron chi connectivity index (χ2n) is 3.85. The lowest BCUT2D eigenvalue weighted by Gasteiger charge is -2.33. The van der Waals surface area contributed by atoms with E-state index >= 15 is 0 Å². The first-order chi connectivity index (χ1) is 6.99. The van der Waals surface area contributed by atoms with Gasteiger partial charge < -0.3 is 10.6 Å². The molecule has 0 bridgehead atoms. The average Bonchev–Trinajstić information content (AvgIpc) is 2.17. The van der Waals surface area contributed by atoms with E-state index in [1.807, 2.05) is 6.92 Å². The second kappa shape index (κ2) is 4.83. The first-order valence-electron chi connectivity index (χ1n) is 5.26. The zero-order chi connectivity index (χ0) is 11.5. The number of carbonyl (C=O) groups is 1. The maximum atomic E-state index is 11.9. The van der Waals surface area contributed by atoms with E-state index in [4.69, 9.17) is 5.73 Å². The van der Waals surface area contributed by atoms with Gasteiger partial charge in [-0.25, -0.2) is 13.2 Å². The molecule has 0 aromatic carbocycles. The van der Waals surface area contributed by atoms with E-state index in [0.717, 1.165) is 12.8 Å². The quantitative estimate of drug-likeness (QED) is 0.780. The predicted molar refractivity (Wildman–Crippen MR) is 58.0 cm³/mol. The van der Waals surface area contributed by atoms with Gasteiger partial charge in [-0.2, -0.15) is 0 Å². The van der Waals surface area contributed by atoms with E-state index in [-0.39, 0.29) is 5.75 Å².